The molecular formula is C13H19N3O2S. The maximum Gasteiger partial charge on any atom is 0.239 e. The van der Waals surface area contributed by atoms with Crippen molar-refractivity contribution in [2.24, 2.45) is 5.73 Å². The van der Waals surface area contributed by atoms with Gasteiger partial charge < -0.3 is 15.1 Å². The van der Waals surface area contributed by atoms with Crippen molar-refractivity contribution in [1.29, 1.82) is 5.26 Å². The Kier molecular flexibility index (Phi) is 7.08. The molecule has 5 nitrogen and oxygen atoms in total. The molecule has 0 aliphatic rings. The van der Waals surface area contributed by atoms with Gasteiger partial charge in [-0.3, -0.25) is 4.79 Å². The Bertz CT molecular complexity index is 414. The number of hydrogen-bond acceptors (Lipinski definition) is 5. The fourth-order valence-corrected chi connectivity index (χ4v) is 2.14. The summed E-state index contributed by atoms with van der Waals surface area (Å²) >= 11 is 1.66. The molecule has 1 aromatic rings. The van der Waals surface area contributed by atoms with Crippen molar-refractivity contribution < 1.29 is 9.21 Å². The van der Waals surface area contributed by atoms with E-state index in [1.807, 2.05) is 12.3 Å². The molecule has 0 radical (unpaired) electrons. The number of amides is 1. The lowest BCUT2D eigenvalue weighted by Crippen LogP contribution is -2.44. The van der Waals surface area contributed by atoms with Crippen LogP contribution in [0.15, 0.2) is 22.8 Å². The van der Waals surface area contributed by atoms with E-state index in [9.17, 15) is 4.79 Å². The van der Waals surface area contributed by atoms with E-state index in [1.165, 1.54) is 0 Å². The van der Waals surface area contributed by atoms with Gasteiger partial charge in [-0.1, -0.05) is 0 Å². The Morgan fingerprint density at radius 2 is 2.47 bits per heavy atom. The van der Waals surface area contributed by atoms with Crippen LogP contribution in [0.3, 0.4) is 0 Å². The number of rotatable bonds is 8. The van der Waals surface area contributed by atoms with Crippen LogP contribution in [0.25, 0.3) is 0 Å². The Morgan fingerprint density at radius 1 is 1.68 bits per heavy atom. The van der Waals surface area contributed by atoms with Crippen molar-refractivity contribution in [3.63, 3.8) is 0 Å². The lowest BCUT2D eigenvalue weighted by molar-refractivity contribution is -0.133. The number of nitrogens with zero attached hydrogens (tertiary/aromatic N) is 2. The molecule has 0 fully saturated rings. The standard InChI is InChI=1S/C13H19N3O2S/c1-19-9-5-12(15)13(17)16(7-3-6-14)10-11-4-2-8-18-11/h2,4,8,12H,3,5,7,9-10,15H2,1H3/t12-/m1/s1. The zero-order chi connectivity index (χ0) is 14.1. The van der Waals surface area contributed by atoms with E-state index in [0.29, 0.717) is 31.7 Å². The average molecular weight is 281 g/mol. The molecular weight excluding hydrogens is 262 g/mol. The number of hydrogen-bond donors (Lipinski definition) is 1. The average Bonchev–Trinajstić information content (AvgIpc) is 2.92. The Morgan fingerprint density at radius 3 is 3.05 bits per heavy atom. The van der Waals surface area contributed by atoms with E-state index >= 15 is 0 Å². The van der Waals surface area contributed by atoms with Crippen molar-refractivity contribution in [3.8, 4) is 6.07 Å². The van der Waals surface area contributed by atoms with Gasteiger partial charge in [0.1, 0.15) is 5.76 Å². The first-order chi connectivity index (χ1) is 9.19. The predicted octanol–water partition coefficient (Wildman–Crippen LogP) is 1.60. The van der Waals surface area contributed by atoms with Crippen LogP contribution < -0.4 is 5.73 Å². The third-order valence-corrected chi connectivity index (χ3v) is 3.33. The summed E-state index contributed by atoms with van der Waals surface area (Å²) in [5.74, 6) is 1.42. The van der Waals surface area contributed by atoms with Crippen LogP contribution in [0.1, 0.15) is 18.6 Å². The van der Waals surface area contributed by atoms with Gasteiger partial charge in [-0.05, 0) is 30.6 Å². The molecule has 1 aromatic heterocycles. The SMILES string of the molecule is CSCC[C@@H](N)C(=O)N(CCC#N)Cc1ccco1. The minimum Gasteiger partial charge on any atom is -0.467 e. The second-order valence-electron chi connectivity index (χ2n) is 4.14. The molecule has 19 heavy (non-hydrogen) atoms. The molecule has 0 unspecified atom stereocenters. The van der Waals surface area contributed by atoms with Gasteiger partial charge in [0, 0.05) is 6.54 Å². The fourth-order valence-electron chi connectivity index (χ4n) is 1.65. The van der Waals surface area contributed by atoms with Crippen molar-refractivity contribution in [2.45, 2.75) is 25.4 Å². The maximum absolute atomic E-state index is 12.2. The Labute approximate surface area is 117 Å². The maximum atomic E-state index is 12.2. The van der Waals surface area contributed by atoms with Crippen LogP contribution in [0, 0.1) is 11.3 Å². The van der Waals surface area contributed by atoms with Gasteiger partial charge in [-0.25, -0.2) is 0 Å². The lowest BCUT2D eigenvalue weighted by Gasteiger charge is -2.24. The van der Waals surface area contributed by atoms with Gasteiger partial charge in [-0.2, -0.15) is 17.0 Å². The lowest BCUT2D eigenvalue weighted by atomic mass is 10.2. The Hall–Kier alpha value is -1.45. The molecule has 104 valence electrons. The smallest absolute Gasteiger partial charge is 0.239 e. The van der Waals surface area contributed by atoms with Gasteiger partial charge in [0.15, 0.2) is 0 Å². The van der Waals surface area contributed by atoms with Crippen LogP contribution >= 0.6 is 11.8 Å². The minimum absolute atomic E-state index is 0.124. The number of carbonyl (C=O) groups excluding carboxylic acids is 1. The third kappa shape index (κ3) is 5.37. The van der Waals surface area contributed by atoms with Gasteiger partial charge in [0.05, 0.1) is 31.3 Å². The molecule has 2 N–H and O–H groups in total. The molecule has 1 rings (SSSR count). The van der Waals surface area contributed by atoms with E-state index in [4.69, 9.17) is 15.4 Å². The molecule has 1 heterocycles. The van der Waals surface area contributed by atoms with Gasteiger partial charge >= 0.3 is 0 Å². The molecule has 0 saturated carbocycles. The monoisotopic (exact) mass is 281 g/mol. The quantitative estimate of drug-likeness (QED) is 0.782. The van der Waals surface area contributed by atoms with Crippen LogP contribution in [0.5, 0.6) is 0 Å². The zero-order valence-electron chi connectivity index (χ0n) is 11.0. The topological polar surface area (TPSA) is 83.3 Å². The van der Waals surface area contributed by atoms with E-state index in [2.05, 4.69) is 0 Å². The summed E-state index contributed by atoms with van der Waals surface area (Å²) in [5.41, 5.74) is 5.89. The molecule has 0 aromatic carbocycles. The highest BCUT2D eigenvalue weighted by molar-refractivity contribution is 7.98. The van der Waals surface area contributed by atoms with Gasteiger partial charge in [0.25, 0.3) is 0 Å². The first-order valence-corrected chi connectivity index (χ1v) is 7.51. The summed E-state index contributed by atoms with van der Waals surface area (Å²) in [6.45, 7) is 0.740. The summed E-state index contributed by atoms with van der Waals surface area (Å²) in [7, 11) is 0. The van der Waals surface area contributed by atoms with E-state index in [0.717, 1.165) is 5.75 Å². The van der Waals surface area contributed by atoms with Crippen LogP contribution in [-0.2, 0) is 11.3 Å². The second-order valence-corrected chi connectivity index (χ2v) is 5.12. The molecule has 1 amide bonds. The first kappa shape index (κ1) is 15.6. The first-order valence-electron chi connectivity index (χ1n) is 6.11. The number of nitriles is 1. The van der Waals surface area contributed by atoms with Crippen molar-refractivity contribution in [1.82, 2.24) is 4.90 Å². The summed E-state index contributed by atoms with van der Waals surface area (Å²) < 4.78 is 5.23. The minimum atomic E-state index is -0.513. The van der Waals surface area contributed by atoms with E-state index in [1.54, 1.807) is 35.1 Å². The molecule has 0 saturated heterocycles. The number of nitrogens with two attached hydrogens (primary N) is 1. The molecule has 0 aliphatic carbocycles. The summed E-state index contributed by atoms with van der Waals surface area (Å²) in [4.78, 5) is 13.8. The predicted molar refractivity (Wildman–Crippen MR) is 75.3 cm³/mol. The Balaban J connectivity index is 2.61. The van der Waals surface area contributed by atoms with Gasteiger partial charge in [0.2, 0.25) is 5.91 Å². The fraction of sp³-hybridized carbons (Fsp3) is 0.538. The highest BCUT2D eigenvalue weighted by Crippen LogP contribution is 2.09. The summed E-state index contributed by atoms with van der Waals surface area (Å²) in [6.07, 6.45) is 4.48. The normalized spacial score (nSPS) is 11.8. The van der Waals surface area contributed by atoms with E-state index < -0.39 is 6.04 Å². The van der Waals surface area contributed by atoms with Crippen molar-refractivity contribution in [3.05, 3.63) is 24.2 Å². The highest BCUT2D eigenvalue weighted by Gasteiger charge is 2.21. The third-order valence-electron chi connectivity index (χ3n) is 2.68. The van der Waals surface area contributed by atoms with Crippen molar-refractivity contribution in [2.75, 3.05) is 18.6 Å². The van der Waals surface area contributed by atoms with Crippen LogP contribution in [0.2, 0.25) is 0 Å². The molecule has 0 spiro atoms. The zero-order valence-corrected chi connectivity index (χ0v) is 11.9. The van der Waals surface area contributed by atoms with Crippen molar-refractivity contribution >= 4 is 17.7 Å². The number of carbonyl (C=O) groups is 1. The van der Waals surface area contributed by atoms with Gasteiger partial charge in [-0.15, -0.1) is 0 Å². The van der Waals surface area contributed by atoms with Crippen LogP contribution in [-0.4, -0.2) is 35.4 Å². The molecule has 0 bridgehead atoms. The second kappa shape index (κ2) is 8.62. The molecule has 1 atom stereocenters. The summed E-state index contributed by atoms with van der Waals surface area (Å²) in [6, 6.07) is 5.11. The largest absolute Gasteiger partial charge is 0.467 e. The van der Waals surface area contributed by atoms with E-state index in [-0.39, 0.29) is 5.91 Å². The number of thioether (sulfide) groups is 1. The molecule has 6 heteroatoms. The highest BCUT2D eigenvalue weighted by atomic mass is 32.2. The summed E-state index contributed by atoms with van der Waals surface area (Å²) in [5, 5.41) is 8.66. The molecule has 0 aliphatic heterocycles. The van der Waals surface area contributed by atoms with Crippen LogP contribution in [0.4, 0.5) is 0 Å². The number of furan rings is 1.